The first kappa shape index (κ1) is 15.3. The number of rotatable bonds is 8. The molecule has 1 aromatic carbocycles. The highest BCUT2D eigenvalue weighted by molar-refractivity contribution is 7.99. The molecule has 4 heteroatoms. The van der Waals surface area contributed by atoms with E-state index in [1.165, 1.54) is 5.56 Å². The molecule has 0 bridgehead atoms. The van der Waals surface area contributed by atoms with Gasteiger partial charge in [-0.1, -0.05) is 18.2 Å². The lowest BCUT2D eigenvalue weighted by molar-refractivity contribution is 0.404. The predicted octanol–water partition coefficient (Wildman–Crippen LogP) is 2.25. The second kappa shape index (κ2) is 8.40. The average Bonchev–Trinajstić information content (AvgIpc) is 2.38. The standard InChI is InChI=1S/C14H24N2OS/c1-15-13(11-18-10-9-16(2)3)12-7-5-6-8-14(12)17-4/h5-8,13,15H,9-11H2,1-4H3. The van der Waals surface area contributed by atoms with Crippen molar-refractivity contribution in [1.82, 2.24) is 10.2 Å². The molecule has 1 aromatic rings. The van der Waals surface area contributed by atoms with Gasteiger partial charge >= 0.3 is 0 Å². The maximum atomic E-state index is 5.42. The van der Waals surface area contributed by atoms with E-state index in [1.54, 1.807) is 7.11 Å². The summed E-state index contributed by atoms with van der Waals surface area (Å²) in [5.74, 6) is 3.18. The van der Waals surface area contributed by atoms with Gasteiger partial charge in [0.25, 0.3) is 0 Å². The lowest BCUT2D eigenvalue weighted by atomic mass is 10.1. The first-order chi connectivity index (χ1) is 8.69. The van der Waals surface area contributed by atoms with Gasteiger partial charge in [-0.25, -0.2) is 0 Å². The number of ether oxygens (including phenoxy) is 1. The van der Waals surface area contributed by atoms with E-state index in [2.05, 4.69) is 36.4 Å². The zero-order valence-corrected chi connectivity index (χ0v) is 12.6. The molecular formula is C14H24N2OS. The van der Waals surface area contributed by atoms with Crippen molar-refractivity contribution >= 4 is 11.8 Å². The molecule has 0 aromatic heterocycles. The Labute approximate surface area is 115 Å². The van der Waals surface area contributed by atoms with Crippen molar-refractivity contribution in [2.45, 2.75) is 6.04 Å². The zero-order chi connectivity index (χ0) is 13.4. The first-order valence-electron chi connectivity index (χ1n) is 6.21. The number of nitrogens with zero attached hydrogens (tertiary/aromatic N) is 1. The molecule has 0 amide bonds. The molecule has 0 aliphatic carbocycles. The van der Waals surface area contributed by atoms with Gasteiger partial charge in [-0.2, -0.15) is 11.8 Å². The molecule has 18 heavy (non-hydrogen) atoms. The van der Waals surface area contributed by atoms with Crippen LogP contribution in [0.25, 0.3) is 0 Å². The van der Waals surface area contributed by atoms with E-state index in [9.17, 15) is 0 Å². The molecule has 0 aliphatic heterocycles. The number of nitrogens with one attached hydrogen (secondary N) is 1. The minimum Gasteiger partial charge on any atom is -0.496 e. The molecule has 1 atom stereocenters. The van der Waals surface area contributed by atoms with Crippen molar-refractivity contribution in [1.29, 1.82) is 0 Å². The lowest BCUT2D eigenvalue weighted by Crippen LogP contribution is -2.21. The molecule has 0 fully saturated rings. The van der Waals surface area contributed by atoms with Crippen molar-refractivity contribution in [3.8, 4) is 5.75 Å². The maximum Gasteiger partial charge on any atom is 0.123 e. The topological polar surface area (TPSA) is 24.5 Å². The monoisotopic (exact) mass is 268 g/mol. The Morgan fingerprint density at radius 3 is 2.67 bits per heavy atom. The fraction of sp³-hybridized carbons (Fsp3) is 0.571. The summed E-state index contributed by atoms with van der Waals surface area (Å²) in [5, 5.41) is 3.37. The van der Waals surface area contributed by atoms with Crippen LogP contribution >= 0.6 is 11.8 Å². The quantitative estimate of drug-likeness (QED) is 0.731. The van der Waals surface area contributed by atoms with Gasteiger partial charge in [0.2, 0.25) is 0 Å². The van der Waals surface area contributed by atoms with Crippen LogP contribution in [-0.4, -0.2) is 51.2 Å². The van der Waals surface area contributed by atoms with E-state index in [-0.39, 0.29) is 0 Å². The minimum atomic E-state index is 0.341. The van der Waals surface area contributed by atoms with Gasteiger partial charge in [0, 0.05) is 29.7 Å². The number of benzene rings is 1. The largest absolute Gasteiger partial charge is 0.496 e. The number of thioether (sulfide) groups is 1. The van der Waals surface area contributed by atoms with E-state index in [4.69, 9.17) is 4.74 Å². The Hall–Kier alpha value is -0.710. The summed E-state index contributed by atoms with van der Waals surface area (Å²) in [5.41, 5.74) is 1.24. The summed E-state index contributed by atoms with van der Waals surface area (Å²) in [4.78, 5) is 2.21. The van der Waals surface area contributed by atoms with Crippen LogP contribution in [0.15, 0.2) is 24.3 Å². The van der Waals surface area contributed by atoms with Gasteiger partial charge in [0.05, 0.1) is 7.11 Å². The van der Waals surface area contributed by atoms with Crippen LogP contribution in [0.1, 0.15) is 11.6 Å². The molecule has 1 N–H and O–H groups in total. The highest BCUT2D eigenvalue weighted by Gasteiger charge is 2.13. The normalized spacial score (nSPS) is 12.7. The lowest BCUT2D eigenvalue weighted by Gasteiger charge is -2.19. The van der Waals surface area contributed by atoms with Crippen LogP contribution < -0.4 is 10.1 Å². The molecule has 0 saturated heterocycles. The molecule has 0 aliphatic rings. The number of hydrogen-bond acceptors (Lipinski definition) is 4. The SMILES string of the molecule is CNC(CSCCN(C)C)c1ccccc1OC. The van der Waals surface area contributed by atoms with Crippen LogP contribution in [0.5, 0.6) is 5.75 Å². The molecule has 1 rings (SSSR count). The van der Waals surface area contributed by atoms with Crippen LogP contribution in [0.2, 0.25) is 0 Å². The summed E-state index contributed by atoms with van der Waals surface area (Å²) >= 11 is 1.97. The highest BCUT2D eigenvalue weighted by atomic mass is 32.2. The third-order valence-electron chi connectivity index (χ3n) is 2.83. The Morgan fingerprint density at radius 1 is 1.33 bits per heavy atom. The van der Waals surface area contributed by atoms with Crippen molar-refractivity contribution in [2.75, 3.05) is 46.3 Å². The molecule has 0 radical (unpaired) electrons. The smallest absolute Gasteiger partial charge is 0.123 e. The van der Waals surface area contributed by atoms with E-state index in [0.29, 0.717) is 6.04 Å². The van der Waals surface area contributed by atoms with Gasteiger partial charge in [-0.05, 0) is 27.2 Å². The summed E-state index contributed by atoms with van der Waals surface area (Å²) in [7, 11) is 7.95. The Balaban J connectivity index is 2.54. The number of para-hydroxylation sites is 1. The van der Waals surface area contributed by atoms with E-state index in [0.717, 1.165) is 23.8 Å². The van der Waals surface area contributed by atoms with Crippen LogP contribution in [0, 0.1) is 0 Å². The van der Waals surface area contributed by atoms with Gasteiger partial charge in [0.1, 0.15) is 5.75 Å². The summed E-state index contributed by atoms with van der Waals surface area (Å²) in [6, 6.07) is 8.56. The van der Waals surface area contributed by atoms with Crippen LogP contribution in [-0.2, 0) is 0 Å². The van der Waals surface area contributed by atoms with Crippen LogP contribution in [0.4, 0.5) is 0 Å². The summed E-state index contributed by atoms with van der Waals surface area (Å²) in [6.45, 7) is 1.12. The number of hydrogen-bond donors (Lipinski definition) is 1. The van der Waals surface area contributed by atoms with E-state index in [1.807, 2.05) is 30.9 Å². The molecule has 0 spiro atoms. The van der Waals surface area contributed by atoms with Crippen molar-refractivity contribution < 1.29 is 4.74 Å². The minimum absolute atomic E-state index is 0.341. The second-order valence-electron chi connectivity index (χ2n) is 4.46. The molecule has 0 saturated carbocycles. The molecule has 1 unspecified atom stereocenters. The number of methoxy groups -OCH3 is 1. The van der Waals surface area contributed by atoms with Crippen molar-refractivity contribution in [3.63, 3.8) is 0 Å². The van der Waals surface area contributed by atoms with E-state index < -0.39 is 0 Å². The summed E-state index contributed by atoms with van der Waals surface area (Å²) < 4.78 is 5.42. The van der Waals surface area contributed by atoms with E-state index >= 15 is 0 Å². The fourth-order valence-electron chi connectivity index (χ4n) is 1.73. The Morgan fingerprint density at radius 2 is 2.06 bits per heavy atom. The third kappa shape index (κ3) is 4.88. The second-order valence-corrected chi connectivity index (χ2v) is 5.61. The Bertz CT molecular complexity index is 344. The van der Waals surface area contributed by atoms with Gasteiger partial charge in [-0.15, -0.1) is 0 Å². The molecule has 3 nitrogen and oxygen atoms in total. The molecule has 102 valence electrons. The van der Waals surface area contributed by atoms with Crippen molar-refractivity contribution in [2.24, 2.45) is 0 Å². The fourth-order valence-corrected chi connectivity index (χ4v) is 2.97. The maximum absolute atomic E-state index is 5.42. The average molecular weight is 268 g/mol. The first-order valence-corrected chi connectivity index (χ1v) is 7.37. The van der Waals surface area contributed by atoms with Crippen LogP contribution in [0.3, 0.4) is 0 Å². The van der Waals surface area contributed by atoms with Crippen molar-refractivity contribution in [3.05, 3.63) is 29.8 Å². The predicted molar refractivity (Wildman–Crippen MR) is 80.7 cm³/mol. The highest BCUT2D eigenvalue weighted by Crippen LogP contribution is 2.26. The van der Waals surface area contributed by atoms with Gasteiger partial charge in [-0.3, -0.25) is 0 Å². The summed E-state index contributed by atoms with van der Waals surface area (Å²) in [6.07, 6.45) is 0. The van der Waals surface area contributed by atoms with Gasteiger partial charge in [0.15, 0.2) is 0 Å². The molecular weight excluding hydrogens is 244 g/mol. The van der Waals surface area contributed by atoms with Gasteiger partial charge < -0.3 is 15.0 Å². The molecule has 0 heterocycles. The zero-order valence-electron chi connectivity index (χ0n) is 11.8. The third-order valence-corrected chi connectivity index (χ3v) is 3.87. The Kier molecular flexibility index (Phi) is 7.16.